The summed E-state index contributed by atoms with van der Waals surface area (Å²) < 4.78 is 28.7. The largest absolute Gasteiger partial charge is 0.493 e. The Morgan fingerprint density at radius 1 is 0.849 bits per heavy atom. The number of aliphatic carboxylic acids is 1. The van der Waals surface area contributed by atoms with Crippen molar-refractivity contribution in [3.63, 3.8) is 0 Å². The fraction of sp³-hybridized carbons (Fsp3) is 0.357. The van der Waals surface area contributed by atoms with Crippen molar-refractivity contribution in [2.24, 2.45) is 11.8 Å². The van der Waals surface area contributed by atoms with Crippen molar-refractivity contribution < 1.29 is 57.6 Å². The van der Waals surface area contributed by atoms with Crippen LogP contribution in [0.4, 0.5) is 4.79 Å². The number of fused-ring (bicyclic) bond motifs is 3. The maximum Gasteiger partial charge on any atom is 0.410 e. The second kappa shape index (κ2) is 25.3. The van der Waals surface area contributed by atoms with Gasteiger partial charge in [-0.1, -0.05) is 111 Å². The maximum atomic E-state index is 14.8. The molecule has 17 heteroatoms. The molecule has 73 heavy (non-hydrogen) atoms. The van der Waals surface area contributed by atoms with Crippen molar-refractivity contribution in [2.75, 3.05) is 53.3 Å². The smallest absolute Gasteiger partial charge is 0.410 e. The van der Waals surface area contributed by atoms with Crippen LogP contribution >= 0.6 is 0 Å². The number of nitrogens with one attached hydrogen (secondary N) is 3. The van der Waals surface area contributed by atoms with Crippen molar-refractivity contribution in [2.45, 2.75) is 64.1 Å². The lowest BCUT2D eigenvalue weighted by molar-refractivity contribution is -0.141. The second-order valence-electron chi connectivity index (χ2n) is 18.6. The molecule has 0 unspecified atom stereocenters. The van der Waals surface area contributed by atoms with Crippen LogP contribution in [0, 0.1) is 11.8 Å². The van der Waals surface area contributed by atoms with E-state index < -0.39 is 60.2 Å². The molecule has 4 N–H and O–H groups in total. The fourth-order valence-corrected chi connectivity index (χ4v) is 8.95. The van der Waals surface area contributed by atoms with Crippen LogP contribution in [0.2, 0.25) is 0 Å². The first-order valence-electron chi connectivity index (χ1n) is 24.4. The minimum atomic E-state index is -1.45. The normalized spacial score (nSPS) is 14.6. The van der Waals surface area contributed by atoms with Crippen molar-refractivity contribution in [1.82, 2.24) is 25.8 Å². The molecule has 0 aliphatic carbocycles. The van der Waals surface area contributed by atoms with Crippen LogP contribution in [0.3, 0.4) is 0 Å². The Balaban J connectivity index is 1.11. The van der Waals surface area contributed by atoms with Gasteiger partial charge in [-0.15, -0.1) is 0 Å². The third-order valence-electron chi connectivity index (χ3n) is 12.5. The third-order valence-corrected chi connectivity index (χ3v) is 12.5. The Labute approximate surface area is 424 Å². The number of para-hydroxylation sites is 1. The standard InChI is InChI=1S/C56H63N5O12/c1-5-25-69-56(68)60(4)45(26-36(2)3)55(67)61(31-39-27-41-16-10-12-18-46(41)70-33-39)32-50(62)58-42(28-37-13-7-6-8-14-37)34-71-48-22-20-40-15-9-11-17-43(40)52(48)54(66)59-44(30-51(63)64)53(65)57-24-23-38-19-21-47-49(29-38)73-35-72-47/h5-22,29,36,39,42,44-45H,1,23-28,30-35H2,2-4H3,(H,57,65)(H,58,62)(H,59,66)(H,63,64)/t39-,42+,44-,45-/m0/s1. The molecule has 2 heterocycles. The van der Waals surface area contributed by atoms with Gasteiger partial charge in [0.25, 0.3) is 5.91 Å². The van der Waals surface area contributed by atoms with Crippen molar-refractivity contribution in [3.05, 3.63) is 144 Å². The Kier molecular flexibility index (Phi) is 18.3. The number of carbonyl (C=O) groups is 6. The van der Waals surface area contributed by atoms with Gasteiger partial charge in [0.2, 0.25) is 24.5 Å². The van der Waals surface area contributed by atoms with Crippen LogP contribution < -0.4 is 34.9 Å². The van der Waals surface area contributed by atoms with Crippen LogP contribution in [0.15, 0.2) is 122 Å². The lowest BCUT2D eigenvalue weighted by Gasteiger charge is -2.35. The van der Waals surface area contributed by atoms with Gasteiger partial charge >= 0.3 is 12.1 Å². The Bertz CT molecular complexity index is 2770. The third kappa shape index (κ3) is 14.5. The molecule has 4 atom stereocenters. The molecule has 0 radical (unpaired) electrons. The zero-order valence-corrected chi connectivity index (χ0v) is 41.4. The quantitative estimate of drug-likeness (QED) is 0.0498. The molecule has 0 aromatic heterocycles. The summed E-state index contributed by atoms with van der Waals surface area (Å²) in [6.45, 7) is 7.70. The topological polar surface area (TPSA) is 211 Å². The van der Waals surface area contributed by atoms with Crippen LogP contribution in [0.1, 0.15) is 53.7 Å². The van der Waals surface area contributed by atoms with E-state index in [0.717, 1.165) is 22.4 Å². The molecular weight excluding hydrogens is 935 g/mol. The van der Waals surface area contributed by atoms with Crippen molar-refractivity contribution in [3.8, 4) is 23.0 Å². The number of carbonyl (C=O) groups excluding carboxylic acids is 5. The van der Waals surface area contributed by atoms with Crippen LogP contribution in [-0.4, -0.2) is 122 Å². The highest BCUT2D eigenvalue weighted by atomic mass is 16.7. The number of carboxylic acids is 1. The first-order valence-corrected chi connectivity index (χ1v) is 24.4. The molecule has 5 aromatic carbocycles. The molecule has 0 bridgehead atoms. The maximum absolute atomic E-state index is 14.8. The van der Waals surface area contributed by atoms with Crippen LogP contribution in [0.25, 0.3) is 10.8 Å². The Hall–Kier alpha value is -8.08. The Morgan fingerprint density at radius 2 is 1.60 bits per heavy atom. The number of benzene rings is 5. The van der Waals surface area contributed by atoms with Gasteiger partial charge in [-0.25, -0.2) is 4.79 Å². The number of carboxylic acid groups (broad SMARTS) is 1. The summed E-state index contributed by atoms with van der Waals surface area (Å²) in [7, 11) is 1.51. The molecule has 0 spiro atoms. The van der Waals surface area contributed by atoms with Crippen molar-refractivity contribution in [1.29, 1.82) is 0 Å². The number of amides is 5. The van der Waals surface area contributed by atoms with E-state index in [9.17, 15) is 33.9 Å². The van der Waals surface area contributed by atoms with E-state index in [4.69, 9.17) is 23.7 Å². The Morgan fingerprint density at radius 3 is 2.38 bits per heavy atom. The second-order valence-corrected chi connectivity index (χ2v) is 18.6. The number of likely N-dealkylation sites (N-methyl/N-ethyl adjacent to an activating group) is 1. The predicted octanol–water partition coefficient (Wildman–Crippen LogP) is 6.36. The predicted molar refractivity (Wildman–Crippen MR) is 273 cm³/mol. The lowest BCUT2D eigenvalue weighted by Crippen LogP contribution is -2.54. The first-order chi connectivity index (χ1) is 35.3. The summed E-state index contributed by atoms with van der Waals surface area (Å²) in [5.74, 6) is -1.72. The zero-order chi connectivity index (χ0) is 51.9. The van der Waals surface area contributed by atoms with Gasteiger partial charge in [-0.3, -0.25) is 28.9 Å². The molecule has 0 fully saturated rings. The minimum Gasteiger partial charge on any atom is -0.493 e. The zero-order valence-electron chi connectivity index (χ0n) is 41.4. The fourth-order valence-electron chi connectivity index (χ4n) is 8.95. The highest BCUT2D eigenvalue weighted by molar-refractivity contribution is 6.10. The van der Waals surface area contributed by atoms with E-state index in [0.29, 0.717) is 54.6 Å². The highest BCUT2D eigenvalue weighted by Gasteiger charge is 2.36. The molecule has 0 saturated carbocycles. The summed E-state index contributed by atoms with van der Waals surface area (Å²) in [6, 6.07) is 29.9. The highest BCUT2D eigenvalue weighted by Crippen LogP contribution is 2.33. The monoisotopic (exact) mass is 997 g/mol. The minimum absolute atomic E-state index is 0.00278. The van der Waals surface area contributed by atoms with Gasteiger partial charge in [0.15, 0.2) is 11.5 Å². The van der Waals surface area contributed by atoms with E-state index >= 15 is 0 Å². The number of hydrogen-bond acceptors (Lipinski definition) is 11. The summed E-state index contributed by atoms with van der Waals surface area (Å²) in [5, 5.41) is 19.5. The molecule has 5 aromatic rings. The van der Waals surface area contributed by atoms with Gasteiger partial charge in [-0.05, 0) is 83.3 Å². The van der Waals surface area contributed by atoms with Gasteiger partial charge in [0, 0.05) is 26.1 Å². The molecule has 5 amide bonds. The molecule has 17 nitrogen and oxygen atoms in total. The number of nitrogens with zero attached hydrogens (tertiary/aromatic N) is 2. The average Bonchev–Trinajstić information content (AvgIpc) is 3.86. The van der Waals surface area contributed by atoms with Crippen LogP contribution in [-0.2, 0) is 43.2 Å². The van der Waals surface area contributed by atoms with E-state index in [1.165, 1.54) is 22.9 Å². The van der Waals surface area contributed by atoms with E-state index in [-0.39, 0.29) is 62.8 Å². The number of hydrogen-bond donors (Lipinski definition) is 4. The average molecular weight is 998 g/mol. The summed E-state index contributed by atoms with van der Waals surface area (Å²) in [5.41, 5.74) is 2.77. The number of ether oxygens (including phenoxy) is 5. The lowest BCUT2D eigenvalue weighted by atomic mass is 9.95. The summed E-state index contributed by atoms with van der Waals surface area (Å²) in [6.07, 6.45) is 1.65. The molecule has 0 saturated heterocycles. The summed E-state index contributed by atoms with van der Waals surface area (Å²) in [4.78, 5) is 85.2. The van der Waals surface area contributed by atoms with Gasteiger partial charge in [0.05, 0.1) is 31.2 Å². The van der Waals surface area contributed by atoms with E-state index in [1.807, 2.05) is 92.7 Å². The van der Waals surface area contributed by atoms with Crippen molar-refractivity contribution >= 4 is 46.5 Å². The van der Waals surface area contributed by atoms with Gasteiger partial charge < -0.3 is 49.6 Å². The van der Waals surface area contributed by atoms with E-state index in [1.54, 1.807) is 30.3 Å². The SMILES string of the molecule is C=CCOC(=O)N(C)[C@@H](CC(C)C)C(=O)N(CC(=O)N[C@@H](COc1ccc2ccccc2c1C(=O)N[C@@H](CC(=O)O)C(=O)NCCc1ccc2c(c1)OCO2)Cc1ccccc1)C[C@H]1COc2ccccc2C1. The van der Waals surface area contributed by atoms with E-state index in [2.05, 4.69) is 22.5 Å². The molecule has 2 aliphatic rings. The summed E-state index contributed by atoms with van der Waals surface area (Å²) >= 11 is 0. The molecule has 384 valence electrons. The van der Waals surface area contributed by atoms with Gasteiger partial charge in [0.1, 0.15) is 36.8 Å². The van der Waals surface area contributed by atoms with Crippen LogP contribution in [0.5, 0.6) is 23.0 Å². The number of rotatable bonds is 24. The van der Waals surface area contributed by atoms with Gasteiger partial charge in [-0.2, -0.15) is 0 Å². The molecule has 2 aliphatic heterocycles. The first kappa shape index (κ1) is 52.7. The molecular formula is C56H63N5O12. The molecule has 7 rings (SSSR count).